The minimum atomic E-state index is -6.32. The molecule has 0 radical (unpaired) electrons. The number of benzene rings is 2. The average Bonchev–Trinajstić information content (AvgIpc) is 2.64. The molecule has 1 aliphatic rings. The molecule has 1 aromatic heterocycles. The summed E-state index contributed by atoms with van der Waals surface area (Å²) in [6.07, 6.45) is -0.798. The van der Waals surface area contributed by atoms with Crippen LogP contribution < -0.4 is 0 Å². The van der Waals surface area contributed by atoms with Crippen molar-refractivity contribution >= 4 is 27.2 Å². The highest BCUT2D eigenvalue weighted by Crippen LogP contribution is 2.61. The average molecular weight is 403 g/mol. The highest BCUT2D eigenvalue weighted by Gasteiger charge is 2.83. The molecule has 0 N–H and O–H groups in total. The van der Waals surface area contributed by atoms with Crippen LogP contribution in [0, 0.1) is 0 Å². The number of fused-ring (bicyclic) bond motifs is 3. The van der Waals surface area contributed by atoms with E-state index in [4.69, 9.17) is 0 Å². The van der Waals surface area contributed by atoms with Crippen LogP contribution in [-0.4, -0.2) is 28.7 Å². The van der Waals surface area contributed by atoms with Crippen molar-refractivity contribution in [2.24, 2.45) is 0 Å². The number of hydrogen-bond donors (Lipinski definition) is 0. The molecule has 0 saturated heterocycles. The van der Waals surface area contributed by atoms with E-state index in [1.807, 2.05) is 0 Å². The molecule has 0 unspecified atom stereocenters. The predicted molar refractivity (Wildman–Crippen MR) is 87.0 cm³/mol. The summed E-state index contributed by atoms with van der Waals surface area (Å²) >= 11 is 0. The first kappa shape index (κ1) is 18.6. The first-order valence-electron chi connectivity index (χ1n) is 7.94. The second-order valence-electron chi connectivity index (χ2n) is 6.43. The van der Waals surface area contributed by atoms with E-state index in [0.717, 1.165) is 0 Å². The Balaban J connectivity index is 2.13. The third-order valence-electron chi connectivity index (χ3n) is 4.73. The number of halogens is 8. The van der Waals surface area contributed by atoms with Crippen LogP contribution in [0.5, 0.6) is 0 Å². The van der Waals surface area contributed by atoms with E-state index in [1.54, 1.807) is 12.1 Å². The molecule has 1 aliphatic carbocycles. The molecular formula is C19H9F8N. The maximum Gasteiger partial charge on any atom is 0.382 e. The summed E-state index contributed by atoms with van der Waals surface area (Å²) in [5, 5.41) is 0.609. The second-order valence-corrected chi connectivity index (χ2v) is 6.43. The summed E-state index contributed by atoms with van der Waals surface area (Å²) in [6, 6.07) is 11.7. The minimum absolute atomic E-state index is 0.0665. The molecule has 0 atom stereocenters. The van der Waals surface area contributed by atoms with Gasteiger partial charge in [0, 0.05) is 16.8 Å². The van der Waals surface area contributed by atoms with Gasteiger partial charge in [-0.1, -0.05) is 42.5 Å². The van der Waals surface area contributed by atoms with Gasteiger partial charge in [0.15, 0.2) is 0 Å². The van der Waals surface area contributed by atoms with E-state index in [2.05, 4.69) is 4.98 Å². The van der Waals surface area contributed by atoms with Gasteiger partial charge in [0.1, 0.15) is 0 Å². The Morgan fingerprint density at radius 2 is 1.14 bits per heavy atom. The van der Waals surface area contributed by atoms with Crippen LogP contribution in [0.4, 0.5) is 35.1 Å². The number of para-hydroxylation sites is 1. The number of rotatable bonds is 1. The second kappa shape index (κ2) is 5.42. The van der Waals surface area contributed by atoms with E-state index in [0.29, 0.717) is 5.39 Å². The minimum Gasteiger partial charge on any atom is -0.247 e. The van der Waals surface area contributed by atoms with Crippen molar-refractivity contribution in [2.45, 2.75) is 23.7 Å². The Kier molecular flexibility index (Phi) is 3.61. The molecule has 146 valence electrons. The van der Waals surface area contributed by atoms with E-state index < -0.39 is 41.0 Å². The monoisotopic (exact) mass is 403 g/mol. The fourth-order valence-corrected chi connectivity index (χ4v) is 3.26. The SMILES string of the molecule is FC1(F)C=C(c2nc3ccccc3c3ccccc23)C(F)(F)C(F)(F)C1(F)F. The van der Waals surface area contributed by atoms with Gasteiger partial charge in [-0.3, -0.25) is 0 Å². The number of allylic oxidation sites excluding steroid dienone is 2. The van der Waals surface area contributed by atoms with Crippen molar-refractivity contribution in [3.8, 4) is 0 Å². The molecule has 0 aliphatic heterocycles. The Labute approximate surface area is 152 Å². The topological polar surface area (TPSA) is 12.9 Å². The fraction of sp³-hybridized carbons (Fsp3) is 0.211. The lowest BCUT2D eigenvalue weighted by Gasteiger charge is -2.41. The molecule has 4 rings (SSSR count). The molecule has 2 aromatic carbocycles. The Hall–Kier alpha value is -2.71. The number of hydrogen-bond acceptors (Lipinski definition) is 1. The maximum atomic E-state index is 14.4. The fourth-order valence-electron chi connectivity index (χ4n) is 3.26. The van der Waals surface area contributed by atoms with Gasteiger partial charge < -0.3 is 0 Å². The first-order valence-corrected chi connectivity index (χ1v) is 7.94. The zero-order valence-electron chi connectivity index (χ0n) is 13.7. The highest BCUT2D eigenvalue weighted by molar-refractivity contribution is 6.09. The molecule has 1 heterocycles. The van der Waals surface area contributed by atoms with Gasteiger partial charge in [-0.05, 0) is 11.5 Å². The molecule has 9 heteroatoms. The molecule has 0 spiro atoms. The summed E-state index contributed by atoms with van der Waals surface area (Å²) < 4.78 is 111. The van der Waals surface area contributed by atoms with Crippen LogP contribution in [0.3, 0.4) is 0 Å². The van der Waals surface area contributed by atoms with Crippen molar-refractivity contribution in [1.82, 2.24) is 4.98 Å². The Morgan fingerprint density at radius 3 is 1.79 bits per heavy atom. The summed E-state index contributed by atoms with van der Waals surface area (Å²) in [7, 11) is 0. The van der Waals surface area contributed by atoms with Crippen LogP contribution in [0.2, 0.25) is 0 Å². The lowest BCUT2D eigenvalue weighted by Crippen LogP contribution is -2.65. The number of aromatic nitrogens is 1. The summed E-state index contributed by atoms with van der Waals surface area (Å²) in [5.41, 5.74) is -2.76. The quantitative estimate of drug-likeness (QED) is 0.342. The van der Waals surface area contributed by atoms with Crippen molar-refractivity contribution in [2.75, 3.05) is 0 Å². The van der Waals surface area contributed by atoms with Crippen LogP contribution in [0.15, 0.2) is 54.6 Å². The first-order chi connectivity index (χ1) is 12.9. The van der Waals surface area contributed by atoms with E-state index in [1.165, 1.54) is 36.4 Å². The highest BCUT2D eigenvalue weighted by atomic mass is 19.4. The van der Waals surface area contributed by atoms with E-state index in [-0.39, 0.29) is 16.3 Å². The Bertz CT molecular complexity index is 1130. The van der Waals surface area contributed by atoms with Crippen molar-refractivity contribution in [3.05, 3.63) is 60.3 Å². The van der Waals surface area contributed by atoms with Crippen molar-refractivity contribution in [1.29, 1.82) is 0 Å². The molecular weight excluding hydrogens is 394 g/mol. The molecule has 0 bridgehead atoms. The standard InChI is InChI=1S/C19H9F8N/c20-16(21)9-13(17(22,23)19(26,27)18(16,24)25)15-12-7-2-1-5-10(12)11-6-3-4-8-14(11)28-15/h1-9H. The normalized spacial score (nSPS) is 22.2. The van der Waals surface area contributed by atoms with Crippen molar-refractivity contribution < 1.29 is 35.1 Å². The summed E-state index contributed by atoms with van der Waals surface area (Å²) in [6.45, 7) is 0. The zero-order valence-corrected chi connectivity index (χ0v) is 13.7. The zero-order chi connectivity index (χ0) is 20.5. The lowest BCUT2D eigenvalue weighted by atomic mass is 9.83. The molecule has 0 fully saturated rings. The van der Waals surface area contributed by atoms with Crippen LogP contribution in [0.1, 0.15) is 5.69 Å². The predicted octanol–water partition coefficient (Wildman–Crippen LogP) is 6.33. The van der Waals surface area contributed by atoms with Gasteiger partial charge >= 0.3 is 23.7 Å². The lowest BCUT2D eigenvalue weighted by molar-refractivity contribution is -0.348. The van der Waals surface area contributed by atoms with Gasteiger partial charge in [0.2, 0.25) is 0 Å². The van der Waals surface area contributed by atoms with Gasteiger partial charge in [0.05, 0.1) is 16.8 Å². The molecule has 3 aromatic rings. The van der Waals surface area contributed by atoms with E-state index in [9.17, 15) is 35.1 Å². The molecule has 0 amide bonds. The van der Waals surface area contributed by atoms with Gasteiger partial charge in [-0.2, -0.15) is 35.1 Å². The number of pyridine rings is 1. The number of nitrogens with zero attached hydrogens (tertiary/aromatic N) is 1. The smallest absolute Gasteiger partial charge is 0.247 e. The van der Waals surface area contributed by atoms with Crippen LogP contribution >= 0.6 is 0 Å². The Morgan fingerprint density at radius 1 is 0.607 bits per heavy atom. The maximum absolute atomic E-state index is 14.4. The van der Waals surface area contributed by atoms with Gasteiger partial charge in [0.25, 0.3) is 0 Å². The molecule has 28 heavy (non-hydrogen) atoms. The van der Waals surface area contributed by atoms with Crippen LogP contribution in [-0.2, 0) is 0 Å². The molecule has 0 saturated carbocycles. The molecule has 1 nitrogen and oxygen atoms in total. The van der Waals surface area contributed by atoms with Gasteiger partial charge in [-0.15, -0.1) is 0 Å². The summed E-state index contributed by atoms with van der Waals surface area (Å²) in [5.74, 6) is -23.7. The van der Waals surface area contributed by atoms with Gasteiger partial charge in [-0.25, -0.2) is 4.98 Å². The van der Waals surface area contributed by atoms with Crippen LogP contribution in [0.25, 0.3) is 27.2 Å². The number of alkyl halides is 8. The van der Waals surface area contributed by atoms with Crippen molar-refractivity contribution in [3.63, 3.8) is 0 Å². The third-order valence-corrected chi connectivity index (χ3v) is 4.73. The third kappa shape index (κ3) is 2.15. The summed E-state index contributed by atoms with van der Waals surface area (Å²) in [4.78, 5) is 3.84. The largest absolute Gasteiger partial charge is 0.382 e. The van der Waals surface area contributed by atoms with E-state index >= 15 is 0 Å².